The van der Waals surface area contributed by atoms with Gasteiger partial charge in [-0.1, -0.05) is 6.92 Å². The molecular weight excluding hydrogens is 492 g/mol. The van der Waals surface area contributed by atoms with Gasteiger partial charge in [0.25, 0.3) is 0 Å². The van der Waals surface area contributed by atoms with E-state index in [2.05, 4.69) is 21.9 Å². The van der Waals surface area contributed by atoms with E-state index < -0.39 is 23.8 Å². The molecule has 198 valence electrons. The van der Waals surface area contributed by atoms with Crippen molar-refractivity contribution in [2.24, 2.45) is 0 Å². The van der Waals surface area contributed by atoms with Crippen LogP contribution in [0.3, 0.4) is 0 Å². The number of methoxy groups -OCH3 is 1. The Labute approximate surface area is 218 Å². The number of aryl methyl sites for hydroxylation is 1. The quantitative estimate of drug-likeness (QED) is 0.398. The number of morpholine rings is 1. The van der Waals surface area contributed by atoms with Crippen LogP contribution in [0.25, 0.3) is 28.3 Å². The van der Waals surface area contributed by atoms with Gasteiger partial charge in [-0.05, 0) is 49.6 Å². The average Bonchev–Trinajstić information content (AvgIpc) is 3.31. The van der Waals surface area contributed by atoms with E-state index in [9.17, 15) is 4.79 Å². The topological polar surface area (TPSA) is 84.7 Å². The third-order valence-corrected chi connectivity index (χ3v) is 7.65. The summed E-state index contributed by atoms with van der Waals surface area (Å²) in [5.74, 6) is -1.02. The highest BCUT2D eigenvalue weighted by atomic mass is 19.1. The Bertz CT molecular complexity index is 1520. The lowest BCUT2D eigenvalue weighted by atomic mass is 10.0. The van der Waals surface area contributed by atoms with Crippen LogP contribution in [0.1, 0.15) is 36.7 Å². The summed E-state index contributed by atoms with van der Waals surface area (Å²) < 4.78 is 44.0. The number of fused-ring (bicyclic) bond motifs is 1. The van der Waals surface area contributed by atoms with E-state index in [0.717, 1.165) is 24.1 Å². The number of carbonyl (C=O) groups excluding carboxylic acids is 1. The van der Waals surface area contributed by atoms with Gasteiger partial charge in [-0.25, -0.2) is 23.5 Å². The van der Waals surface area contributed by atoms with Gasteiger partial charge in [0, 0.05) is 42.0 Å². The number of benzene rings is 1. The van der Waals surface area contributed by atoms with Crippen molar-refractivity contribution in [3.8, 4) is 22.6 Å². The van der Waals surface area contributed by atoms with Crippen molar-refractivity contribution in [2.45, 2.75) is 44.6 Å². The summed E-state index contributed by atoms with van der Waals surface area (Å²) >= 11 is 0. The molecule has 1 aliphatic carbocycles. The average molecular weight is 522 g/mol. The Morgan fingerprint density at radius 3 is 2.74 bits per heavy atom. The van der Waals surface area contributed by atoms with Crippen LogP contribution in [0.15, 0.2) is 36.7 Å². The Balaban J connectivity index is 1.39. The molecule has 0 bridgehead atoms. The Kier molecular flexibility index (Phi) is 5.94. The number of halogens is 2. The molecule has 3 aromatic heterocycles. The highest BCUT2D eigenvalue weighted by molar-refractivity contribution is 5.72. The van der Waals surface area contributed by atoms with Crippen molar-refractivity contribution < 1.29 is 23.0 Å². The summed E-state index contributed by atoms with van der Waals surface area (Å²) in [7, 11) is 1.34. The van der Waals surface area contributed by atoms with Crippen LogP contribution in [0, 0.1) is 18.6 Å². The number of nitrogens with one attached hydrogen (secondary N) is 1. The van der Waals surface area contributed by atoms with Crippen molar-refractivity contribution in [1.82, 2.24) is 24.3 Å². The first-order chi connectivity index (χ1) is 18.3. The summed E-state index contributed by atoms with van der Waals surface area (Å²) in [6.45, 7) is 5.13. The number of aromatic amines is 1. The van der Waals surface area contributed by atoms with Crippen LogP contribution in [0.2, 0.25) is 0 Å². The first-order valence-corrected chi connectivity index (χ1v) is 12.7. The smallest absolute Gasteiger partial charge is 0.409 e. The Morgan fingerprint density at radius 2 is 2.03 bits per heavy atom. The predicted octanol–water partition coefficient (Wildman–Crippen LogP) is 5.04. The minimum Gasteiger partial charge on any atom is -0.453 e. The lowest BCUT2D eigenvalue weighted by Crippen LogP contribution is -2.46. The summed E-state index contributed by atoms with van der Waals surface area (Å²) in [6.07, 6.45) is 5.19. The van der Waals surface area contributed by atoms with E-state index in [1.807, 2.05) is 29.7 Å². The normalized spacial score (nSPS) is 18.7. The van der Waals surface area contributed by atoms with E-state index >= 15 is 8.78 Å². The second-order valence-electron chi connectivity index (χ2n) is 10.5. The largest absolute Gasteiger partial charge is 0.453 e. The molecule has 4 heterocycles. The van der Waals surface area contributed by atoms with Gasteiger partial charge >= 0.3 is 6.09 Å². The molecule has 0 radical (unpaired) electrons. The lowest BCUT2D eigenvalue weighted by Gasteiger charge is -2.32. The standard InChI is InChI=1S/C28H29F2N5O3/c1-16-4-7-35-21(13-18-15-34(8-9-38-18)27(36)37-3)25(33-23(35)10-16)24-19(29)11-17(12-20(24)30)26-31-14-22(32-26)28(2)5-6-28/h4,7,10-12,14,18H,5-6,8-9,13,15H2,1-3H3,(H,31,32)/t18-/m0/s1. The molecule has 0 unspecified atom stereocenters. The molecule has 1 aromatic carbocycles. The zero-order chi connectivity index (χ0) is 26.6. The summed E-state index contributed by atoms with van der Waals surface area (Å²) in [4.78, 5) is 25.9. The highest BCUT2D eigenvalue weighted by Gasteiger charge is 2.40. The van der Waals surface area contributed by atoms with Crippen LogP contribution >= 0.6 is 0 Å². The maximum Gasteiger partial charge on any atom is 0.409 e. The highest BCUT2D eigenvalue weighted by Crippen LogP contribution is 2.47. The molecule has 1 aliphatic heterocycles. The first-order valence-electron chi connectivity index (χ1n) is 12.7. The second kappa shape index (κ2) is 9.20. The zero-order valence-corrected chi connectivity index (χ0v) is 21.6. The number of carbonyl (C=O) groups is 1. The molecule has 38 heavy (non-hydrogen) atoms. The maximum atomic E-state index is 15.7. The minimum atomic E-state index is -0.724. The van der Waals surface area contributed by atoms with E-state index in [1.54, 1.807) is 11.1 Å². The monoisotopic (exact) mass is 521 g/mol. The molecule has 10 heteroatoms. The van der Waals surface area contributed by atoms with Crippen molar-refractivity contribution in [2.75, 3.05) is 26.8 Å². The van der Waals surface area contributed by atoms with Gasteiger partial charge in [0.1, 0.15) is 23.1 Å². The summed E-state index contributed by atoms with van der Waals surface area (Å²) in [6, 6.07) is 6.37. The van der Waals surface area contributed by atoms with Gasteiger partial charge in [-0.2, -0.15) is 0 Å². The minimum absolute atomic E-state index is 0.0660. The number of hydrogen-bond acceptors (Lipinski definition) is 5. The van der Waals surface area contributed by atoms with E-state index in [4.69, 9.17) is 9.47 Å². The van der Waals surface area contributed by atoms with Crippen LogP contribution in [-0.2, 0) is 21.3 Å². The van der Waals surface area contributed by atoms with Gasteiger partial charge in [0.2, 0.25) is 0 Å². The Morgan fingerprint density at radius 1 is 1.26 bits per heavy atom. The number of H-pyrrole nitrogens is 1. The molecule has 4 aromatic rings. The van der Waals surface area contributed by atoms with Crippen molar-refractivity contribution in [3.63, 3.8) is 0 Å². The Hall–Kier alpha value is -3.79. The molecule has 1 N–H and O–H groups in total. The fraction of sp³-hybridized carbons (Fsp3) is 0.393. The van der Waals surface area contributed by atoms with Crippen LogP contribution < -0.4 is 0 Å². The fourth-order valence-corrected chi connectivity index (χ4v) is 5.11. The van der Waals surface area contributed by atoms with Crippen LogP contribution in [-0.4, -0.2) is 63.3 Å². The van der Waals surface area contributed by atoms with Gasteiger partial charge < -0.3 is 23.8 Å². The number of amides is 1. The van der Waals surface area contributed by atoms with Gasteiger partial charge in [-0.3, -0.25) is 0 Å². The molecule has 1 saturated carbocycles. The van der Waals surface area contributed by atoms with Crippen molar-refractivity contribution in [1.29, 1.82) is 0 Å². The second-order valence-corrected chi connectivity index (χ2v) is 10.5. The van der Waals surface area contributed by atoms with E-state index in [1.165, 1.54) is 19.2 Å². The number of aromatic nitrogens is 4. The molecule has 8 nitrogen and oxygen atoms in total. The molecular formula is C28H29F2N5O3. The summed E-state index contributed by atoms with van der Waals surface area (Å²) in [5.41, 5.74) is 3.54. The lowest BCUT2D eigenvalue weighted by molar-refractivity contribution is -0.0241. The van der Waals surface area contributed by atoms with Crippen molar-refractivity contribution in [3.05, 3.63) is 65.2 Å². The molecule has 2 aliphatic rings. The van der Waals surface area contributed by atoms with Gasteiger partial charge in [-0.15, -0.1) is 0 Å². The maximum absolute atomic E-state index is 15.7. The molecule has 1 saturated heterocycles. The molecule has 0 spiro atoms. The molecule has 1 atom stereocenters. The summed E-state index contributed by atoms with van der Waals surface area (Å²) in [5, 5.41) is 0. The number of rotatable bonds is 5. The molecule has 1 amide bonds. The van der Waals surface area contributed by atoms with Gasteiger partial charge in [0.05, 0.1) is 43.3 Å². The number of hydrogen-bond donors (Lipinski definition) is 1. The predicted molar refractivity (Wildman–Crippen MR) is 137 cm³/mol. The number of imidazole rings is 2. The van der Waals surface area contributed by atoms with Crippen LogP contribution in [0.4, 0.5) is 13.6 Å². The number of nitrogens with zero attached hydrogens (tertiary/aromatic N) is 4. The van der Waals surface area contributed by atoms with Crippen LogP contribution in [0.5, 0.6) is 0 Å². The zero-order valence-electron chi connectivity index (χ0n) is 21.6. The number of pyridine rings is 1. The third kappa shape index (κ3) is 4.32. The number of ether oxygens (including phenoxy) is 2. The van der Waals surface area contributed by atoms with E-state index in [-0.39, 0.29) is 16.7 Å². The fourth-order valence-electron chi connectivity index (χ4n) is 5.11. The van der Waals surface area contributed by atoms with E-state index in [0.29, 0.717) is 48.8 Å². The first kappa shape index (κ1) is 24.5. The molecule has 2 fully saturated rings. The van der Waals surface area contributed by atoms with Gasteiger partial charge in [0.15, 0.2) is 0 Å². The van der Waals surface area contributed by atoms with Crippen molar-refractivity contribution >= 4 is 11.7 Å². The molecule has 6 rings (SSSR count). The third-order valence-electron chi connectivity index (χ3n) is 7.65. The SMILES string of the molecule is COC(=O)N1CCO[C@@H](Cc2c(-c3c(F)cc(-c4ncc(C5(C)CC5)[nH]4)cc3F)nc3cc(C)ccn23)C1.